The van der Waals surface area contributed by atoms with Crippen molar-refractivity contribution in [2.75, 3.05) is 17.7 Å². The van der Waals surface area contributed by atoms with Crippen LogP contribution >= 0.6 is 11.6 Å². The van der Waals surface area contributed by atoms with E-state index in [0.29, 0.717) is 22.5 Å². The van der Waals surface area contributed by atoms with Crippen LogP contribution in [0.2, 0.25) is 5.02 Å². The van der Waals surface area contributed by atoms with Crippen LogP contribution in [0, 0.1) is 12.7 Å². The number of hydrogen-bond donors (Lipinski definition) is 2. The zero-order valence-electron chi connectivity index (χ0n) is 9.96. The second-order valence-electron chi connectivity index (χ2n) is 3.76. The fourth-order valence-electron chi connectivity index (χ4n) is 1.45. The zero-order chi connectivity index (χ0) is 13.1. The van der Waals surface area contributed by atoms with Gasteiger partial charge in [-0.05, 0) is 25.1 Å². The van der Waals surface area contributed by atoms with Gasteiger partial charge < -0.3 is 10.6 Å². The molecule has 0 bridgehead atoms. The molecule has 0 saturated carbocycles. The van der Waals surface area contributed by atoms with E-state index in [9.17, 15) is 4.39 Å². The number of anilines is 3. The van der Waals surface area contributed by atoms with E-state index in [1.807, 2.05) is 6.92 Å². The van der Waals surface area contributed by atoms with Crippen molar-refractivity contribution in [3.63, 3.8) is 0 Å². The average molecular weight is 267 g/mol. The molecular formula is C12H12ClFN4. The van der Waals surface area contributed by atoms with Crippen LogP contribution in [0.4, 0.5) is 21.8 Å². The maximum Gasteiger partial charge on any atom is 0.224 e. The van der Waals surface area contributed by atoms with E-state index in [1.54, 1.807) is 19.3 Å². The summed E-state index contributed by atoms with van der Waals surface area (Å²) in [4.78, 5) is 8.32. The Morgan fingerprint density at radius 2 is 2.06 bits per heavy atom. The van der Waals surface area contributed by atoms with Gasteiger partial charge in [-0.15, -0.1) is 0 Å². The predicted molar refractivity (Wildman–Crippen MR) is 71.0 cm³/mol. The molecule has 0 aliphatic rings. The van der Waals surface area contributed by atoms with Crippen LogP contribution in [-0.2, 0) is 0 Å². The molecule has 2 rings (SSSR count). The van der Waals surface area contributed by atoms with Gasteiger partial charge in [-0.2, -0.15) is 4.98 Å². The van der Waals surface area contributed by atoms with Crippen LogP contribution in [0.3, 0.4) is 0 Å². The minimum Gasteiger partial charge on any atom is -0.357 e. The van der Waals surface area contributed by atoms with Crippen molar-refractivity contribution in [1.82, 2.24) is 9.97 Å². The van der Waals surface area contributed by atoms with Gasteiger partial charge >= 0.3 is 0 Å². The van der Waals surface area contributed by atoms with Gasteiger partial charge in [0, 0.05) is 29.5 Å². The van der Waals surface area contributed by atoms with E-state index >= 15 is 0 Å². The van der Waals surface area contributed by atoms with Gasteiger partial charge in [0.25, 0.3) is 0 Å². The normalized spacial score (nSPS) is 10.2. The Labute approximate surface area is 109 Å². The topological polar surface area (TPSA) is 49.8 Å². The quantitative estimate of drug-likeness (QED) is 0.894. The third-order valence-corrected chi connectivity index (χ3v) is 2.54. The fraction of sp³-hybridized carbons (Fsp3) is 0.167. The standard InChI is InChI=1S/C12H12ClFN4/c1-7-6-16-12(15-2)18-11(7)17-10-4-8(13)3-9(14)5-10/h3-6H,1-2H3,(H2,15,16,17,18). The third-order valence-electron chi connectivity index (χ3n) is 2.32. The molecular weight excluding hydrogens is 255 g/mol. The van der Waals surface area contributed by atoms with Crippen molar-refractivity contribution in [2.45, 2.75) is 6.92 Å². The molecule has 0 atom stereocenters. The van der Waals surface area contributed by atoms with Gasteiger partial charge in [-0.3, -0.25) is 0 Å². The lowest BCUT2D eigenvalue weighted by Gasteiger charge is -2.10. The number of hydrogen-bond acceptors (Lipinski definition) is 4. The van der Waals surface area contributed by atoms with E-state index in [1.165, 1.54) is 12.1 Å². The van der Waals surface area contributed by atoms with Gasteiger partial charge in [-0.25, -0.2) is 9.37 Å². The number of halogens is 2. The Morgan fingerprint density at radius 3 is 2.72 bits per heavy atom. The summed E-state index contributed by atoms with van der Waals surface area (Å²) in [6, 6.07) is 4.23. The van der Waals surface area contributed by atoms with Gasteiger partial charge in [0.1, 0.15) is 11.6 Å². The highest BCUT2D eigenvalue weighted by Crippen LogP contribution is 2.23. The first-order valence-electron chi connectivity index (χ1n) is 5.33. The molecule has 0 unspecified atom stereocenters. The van der Waals surface area contributed by atoms with E-state index in [4.69, 9.17) is 11.6 Å². The number of rotatable bonds is 3. The monoisotopic (exact) mass is 266 g/mol. The number of nitrogens with one attached hydrogen (secondary N) is 2. The Hall–Kier alpha value is -1.88. The van der Waals surface area contributed by atoms with Crippen molar-refractivity contribution in [2.24, 2.45) is 0 Å². The molecule has 94 valence electrons. The minimum absolute atomic E-state index is 0.332. The van der Waals surface area contributed by atoms with Crippen molar-refractivity contribution in [3.05, 3.63) is 40.8 Å². The molecule has 0 amide bonds. The van der Waals surface area contributed by atoms with Gasteiger partial charge in [0.15, 0.2) is 0 Å². The molecule has 0 aliphatic carbocycles. The van der Waals surface area contributed by atoms with E-state index in [0.717, 1.165) is 5.56 Å². The second kappa shape index (κ2) is 5.18. The summed E-state index contributed by atoms with van der Waals surface area (Å²) < 4.78 is 13.2. The first kappa shape index (κ1) is 12.6. The first-order valence-corrected chi connectivity index (χ1v) is 5.71. The second-order valence-corrected chi connectivity index (χ2v) is 4.19. The van der Waals surface area contributed by atoms with Crippen LogP contribution < -0.4 is 10.6 Å². The molecule has 1 heterocycles. The van der Waals surface area contributed by atoms with E-state index < -0.39 is 5.82 Å². The summed E-state index contributed by atoms with van der Waals surface area (Å²) in [6.07, 6.45) is 1.68. The Bertz CT molecular complexity index is 554. The number of aryl methyl sites for hydroxylation is 1. The molecule has 2 aromatic rings. The van der Waals surface area contributed by atoms with E-state index in [2.05, 4.69) is 20.6 Å². The maximum atomic E-state index is 13.2. The molecule has 2 N–H and O–H groups in total. The molecule has 6 heteroatoms. The number of aromatic nitrogens is 2. The molecule has 0 aliphatic heterocycles. The van der Waals surface area contributed by atoms with E-state index in [-0.39, 0.29) is 0 Å². The summed E-state index contributed by atoms with van der Waals surface area (Å²) in [5.74, 6) is 0.701. The summed E-state index contributed by atoms with van der Waals surface area (Å²) in [5, 5.41) is 6.19. The summed E-state index contributed by atoms with van der Waals surface area (Å²) in [5.41, 5.74) is 1.40. The molecule has 1 aromatic carbocycles. The summed E-state index contributed by atoms with van der Waals surface area (Å²) in [7, 11) is 1.73. The molecule has 0 fully saturated rings. The highest BCUT2D eigenvalue weighted by atomic mass is 35.5. The minimum atomic E-state index is -0.398. The summed E-state index contributed by atoms with van der Waals surface area (Å²) in [6.45, 7) is 1.86. The Kier molecular flexibility index (Phi) is 3.62. The van der Waals surface area contributed by atoms with Gasteiger partial charge in [0.05, 0.1) is 0 Å². The number of nitrogens with zero attached hydrogens (tertiary/aromatic N) is 2. The van der Waals surface area contributed by atoms with Crippen LogP contribution in [0.15, 0.2) is 24.4 Å². The van der Waals surface area contributed by atoms with Crippen LogP contribution in [-0.4, -0.2) is 17.0 Å². The largest absolute Gasteiger partial charge is 0.357 e. The lowest BCUT2D eigenvalue weighted by molar-refractivity contribution is 0.628. The van der Waals surface area contributed by atoms with Crippen LogP contribution in [0.5, 0.6) is 0 Å². The molecule has 0 saturated heterocycles. The third kappa shape index (κ3) is 2.87. The van der Waals surface area contributed by atoms with Gasteiger partial charge in [0.2, 0.25) is 5.95 Å². The van der Waals surface area contributed by atoms with Crippen molar-refractivity contribution in [1.29, 1.82) is 0 Å². The first-order chi connectivity index (χ1) is 8.58. The highest BCUT2D eigenvalue weighted by Gasteiger charge is 2.05. The Morgan fingerprint density at radius 1 is 1.28 bits per heavy atom. The smallest absolute Gasteiger partial charge is 0.224 e. The molecule has 1 aromatic heterocycles. The van der Waals surface area contributed by atoms with Crippen molar-refractivity contribution >= 4 is 29.1 Å². The maximum absolute atomic E-state index is 13.2. The predicted octanol–water partition coefficient (Wildman–Crippen LogP) is 3.36. The van der Waals surface area contributed by atoms with Crippen molar-refractivity contribution in [3.8, 4) is 0 Å². The lowest BCUT2D eigenvalue weighted by atomic mass is 10.3. The van der Waals surface area contributed by atoms with Crippen molar-refractivity contribution < 1.29 is 4.39 Å². The number of benzene rings is 1. The lowest BCUT2D eigenvalue weighted by Crippen LogP contribution is -2.02. The van der Waals surface area contributed by atoms with Crippen LogP contribution in [0.25, 0.3) is 0 Å². The Balaban J connectivity index is 2.33. The molecule has 18 heavy (non-hydrogen) atoms. The van der Waals surface area contributed by atoms with Gasteiger partial charge in [-0.1, -0.05) is 11.6 Å². The molecule has 4 nitrogen and oxygen atoms in total. The van der Waals surface area contributed by atoms with Crippen LogP contribution in [0.1, 0.15) is 5.56 Å². The SMILES string of the molecule is CNc1ncc(C)c(Nc2cc(F)cc(Cl)c2)n1. The fourth-order valence-corrected chi connectivity index (χ4v) is 1.67. The highest BCUT2D eigenvalue weighted by molar-refractivity contribution is 6.30. The molecule has 0 spiro atoms. The summed E-state index contributed by atoms with van der Waals surface area (Å²) >= 11 is 5.79. The molecule has 0 radical (unpaired) electrons. The zero-order valence-corrected chi connectivity index (χ0v) is 10.7. The average Bonchev–Trinajstić information content (AvgIpc) is 2.30.